The predicted molar refractivity (Wildman–Crippen MR) is 74.8 cm³/mol. The van der Waals surface area contributed by atoms with Crippen LogP contribution in [0.1, 0.15) is 30.2 Å². The fraction of sp³-hybridized carbons (Fsp3) is 0.400. The molecule has 1 aromatic carbocycles. The Kier molecular flexibility index (Phi) is 5.01. The highest BCUT2D eigenvalue weighted by atomic mass is 19.4. The van der Waals surface area contributed by atoms with Crippen molar-refractivity contribution in [1.29, 1.82) is 0 Å². The zero-order chi connectivity index (χ0) is 15.3. The molecule has 114 valence electrons. The second-order valence-electron chi connectivity index (χ2n) is 4.88. The topological polar surface area (TPSA) is 29.9 Å². The molecule has 0 saturated heterocycles. The summed E-state index contributed by atoms with van der Waals surface area (Å²) in [5.74, 6) is 0. The van der Waals surface area contributed by atoms with Gasteiger partial charge in [-0.25, -0.2) is 0 Å². The summed E-state index contributed by atoms with van der Waals surface area (Å²) in [5, 5.41) is 7.58. The number of rotatable bonds is 6. The molecule has 2 rings (SSSR count). The van der Waals surface area contributed by atoms with E-state index in [1.165, 1.54) is 6.07 Å². The summed E-state index contributed by atoms with van der Waals surface area (Å²) in [5.41, 5.74) is 0.841. The maximum absolute atomic E-state index is 12.7. The second-order valence-corrected chi connectivity index (χ2v) is 4.88. The van der Waals surface area contributed by atoms with Crippen LogP contribution in [-0.2, 0) is 19.3 Å². The van der Waals surface area contributed by atoms with Crippen molar-refractivity contribution in [2.45, 2.75) is 32.6 Å². The third kappa shape index (κ3) is 4.60. The third-order valence-electron chi connectivity index (χ3n) is 3.03. The van der Waals surface area contributed by atoms with Crippen molar-refractivity contribution >= 4 is 0 Å². The van der Waals surface area contributed by atoms with Gasteiger partial charge in [0.25, 0.3) is 0 Å². The Morgan fingerprint density at radius 2 is 2.05 bits per heavy atom. The van der Waals surface area contributed by atoms with Crippen molar-refractivity contribution < 1.29 is 13.2 Å². The first kappa shape index (κ1) is 15.6. The predicted octanol–water partition coefficient (Wildman–Crippen LogP) is 3.45. The van der Waals surface area contributed by atoms with E-state index < -0.39 is 11.7 Å². The first-order chi connectivity index (χ1) is 9.99. The van der Waals surface area contributed by atoms with E-state index in [1.54, 1.807) is 16.9 Å². The van der Waals surface area contributed by atoms with Gasteiger partial charge < -0.3 is 5.32 Å². The van der Waals surface area contributed by atoms with Gasteiger partial charge in [-0.2, -0.15) is 18.3 Å². The number of nitrogens with zero attached hydrogens (tertiary/aromatic N) is 2. The summed E-state index contributed by atoms with van der Waals surface area (Å²) < 4.78 is 39.6. The van der Waals surface area contributed by atoms with Crippen LogP contribution in [0.3, 0.4) is 0 Å². The Morgan fingerprint density at radius 1 is 1.24 bits per heavy atom. The summed E-state index contributed by atoms with van der Waals surface area (Å²) >= 11 is 0. The van der Waals surface area contributed by atoms with E-state index in [4.69, 9.17) is 0 Å². The van der Waals surface area contributed by atoms with Crippen molar-refractivity contribution in [3.05, 3.63) is 53.3 Å². The molecule has 1 heterocycles. The van der Waals surface area contributed by atoms with Crippen LogP contribution < -0.4 is 5.32 Å². The molecule has 2 aromatic rings. The number of hydrogen-bond acceptors (Lipinski definition) is 2. The summed E-state index contributed by atoms with van der Waals surface area (Å²) in [6.07, 6.45) is -1.48. The molecule has 0 radical (unpaired) electrons. The summed E-state index contributed by atoms with van der Waals surface area (Å²) in [7, 11) is 0. The molecule has 0 bridgehead atoms. The summed E-state index contributed by atoms with van der Waals surface area (Å²) in [4.78, 5) is 0. The summed E-state index contributed by atoms with van der Waals surface area (Å²) in [6.45, 7) is 4.00. The molecule has 0 aliphatic heterocycles. The highest BCUT2D eigenvalue weighted by molar-refractivity contribution is 5.25. The van der Waals surface area contributed by atoms with Gasteiger partial charge in [0.1, 0.15) is 0 Å². The van der Waals surface area contributed by atoms with Gasteiger partial charge in [0, 0.05) is 12.7 Å². The van der Waals surface area contributed by atoms with Gasteiger partial charge in [-0.15, -0.1) is 0 Å². The van der Waals surface area contributed by atoms with Crippen LogP contribution in [-0.4, -0.2) is 16.3 Å². The van der Waals surface area contributed by atoms with Gasteiger partial charge in [0.15, 0.2) is 0 Å². The fourth-order valence-electron chi connectivity index (χ4n) is 2.01. The molecule has 0 aliphatic carbocycles. The number of nitrogens with one attached hydrogen (secondary N) is 1. The standard InChI is InChI=1S/C15H18F3N3/c1-2-7-19-10-14-6-8-21(20-14)11-12-4-3-5-13(9-12)15(16,17)18/h3-6,8-9,19H,2,7,10-11H2,1H3. The molecule has 0 atom stereocenters. The van der Waals surface area contributed by atoms with Crippen LogP contribution in [0.5, 0.6) is 0 Å². The van der Waals surface area contributed by atoms with Gasteiger partial charge in [-0.3, -0.25) is 4.68 Å². The number of alkyl halides is 3. The van der Waals surface area contributed by atoms with E-state index in [9.17, 15) is 13.2 Å². The highest BCUT2D eigenvalue weighted by Crippen LogP contribution is 2.29. The molecule has 3 nitrogen and oxygen atoms in total. The zero-order valence-corrected chi connectivity index (χ0v) is 11.8. The van der Waals surface area contributed by atoms with Gasteiger partial charge in [-0.1, -0.05) is 19.1 Å². The summed E-state index contributed by atoms with van der Waals surface area (Å²) in [6, 6.07) is 7.21. The maximum atomic E-state index is 12.7. The molecule has 0 amide bonds. The molecule has 0 unspecified atom stereocenters. The lowest BCUT2D eigenvalue weighted by Crippen LogP contribution is -2.14. The minimum atomic E-state index is -4.31. The Labute approximate surface area is 121 Å². The van der Waals surface area contributed by atoms with Gasteiger partial charge >= 0.3 is 6.18 Å². The first-order valence-corrected chi connectivity index (χ1v) is 6.88. The molecule has 0 fully saturated rings. The van der Waals surface area contributed by atoms with Crippen LogP contribution in [0.2, 0.25) is 0 Å². The van der Waals surface area contributed by atoms with Crippen molar-refractivity contribution in [2.75, 3.05) is 6.54 Å². The molecular formula is C15H18F3N3. The van der Waals surface area contributed by atoms with E-state index in [0.29, 0.717) is 18.7 Å². The van der Waals surface area contributed by atoms with Gasteiger partial charge in [0.2, 0.25) is 0 Å². The molecular weight excluding hydrogens is 279 g/mol. The van der Waals surface area contributed by atoms with E-state index in [-0.39, 0.29) is 0 Å². The highest BCUT2D eigenvalue weighted by Gasteiger charge is 2.30. The Balaban J connectivity index is 2.02. The van der Waals surface area contributed by atoms with Crippen LogP contribution in [0.25, 0.3) is 0 Å². The minimum Gasteiger partial charge on any atom is -0.311 e. The van der Waals surface area contributed by atoms with Gasteiger partial charge in [0.05, 0.1) is 17.8 Å². The van der Waals surface area contributed by atoms with E-state index in [1.807, 2.05) is 6.07 Å². The average molecular weight is 297 g/mol. The maximum Gasteiger partial charge on any atom is 0.416 e. The number of halogens is 3. The van der Waals surface area contributed by atoms with Crippen LogP contribution in [0.4, 0.5) is 13.2 Å². The Hall–Kier alpha value is -1.82. The van der Waals surface area contributed by atoms with Crippen molar-refractivity contribution in [1.82, 2.24) is 15.1 Å². The normalized spacial score (nSPS) is 11.8. The smallest absolute Gasteiger partial charge is 0.311 e. The van der Waals surface area contributed by atoms with E-state index in [2.05, 4.69) is 17.3 Å². The zero-order valence-electron chi connectivity index (χ0n) is 11.8. The first-order valence-electron chi connectivity index (χ1n) is 6.88. The molecule has 1 aromatic heterocycles. The fourth-order valence-corrected chi connectivity index (χ4v) is 2.01. The molecule has 6 heteroatoms. The average Bonchev–Trinajstić information content (AvgIpc) is 2.86. The third-order valence-corrected chi connectivity index (χ3v) is 3.03. The van der Waals surface area contributed by atoms with E-state index in [0.717, 1.165) is 30.8 Å². The SMILES string of the molecule is CCCNCc1ccn(Cc2cccc(C(F)(F)F)c2)n1. The number of hydrogen-bond donors (Lipinski definition) is 1. The number of aromatic nitrogens is 2. The molecule has 21 heavy (non-hydrogen) atoms. The van der Waals surface area contributed by atoms with Crippen molar-refractivity contribution in [3.8, 4) is 0 Å². The van der Waals surface area contributed by atoms with Crippen LogP contribution in [0, 0.1) is 0 Å². The lowest BCUT2D eigenvalue weighted by molar-refractivity contribution is -0.137. The van der Waals surface area contributed by atoms with Crippen molar-refractivity contribution in [3.63, 3.8) is 0 Å². The number of benzene rings is 1. The Bertz CT molecular complexity index is 576. The molecule has 0 aliphatic rings. The van der Waals surface area contributed by atoms with Crippen LogP contribution >= 0.6 is 0 Å². The molecule has 0 saturated carbocycles. The quantitative estimate of drug-likeness (QED) is 0.828. The van der Waals surface area contributed by atoms with E-state index >= 15 is 0 Å². The van der Waals surface area contributed by atoms with Crippen molar-refractivity contribution in [2.24, 2.45) is 0 Å². The Morgan fingerprint density at radius 3 is 2.76 bits per heavy atom. The minimum absolute atomic E-state index is 0.331. The lowest BCUT2D eigenvalue weighted by atomic mass is 10.1. The molecule has 0 spiro atoms. The van der Waals surface area contributed by atoms with Crippen LogP contribution in [0.15, 0.2) is 36.5 Å². The molecule has 1 N–H and O–H groups in total. The monoisotopic (exact) mass is 297 g/mol. The van der Waals surface area contributed by atoms with Gasteiger partial charge in [-0.05, 0) is 36.7 Å². The largest absolute Gasteiger partial charge is 0.416 e. The second kappa shape index (κ2) is 6.76. The lowest BCUT2D eigenvalue weighted by Gasteiger charge is -2.08.